The normalized spacial score (nSPS) is 12.5. The van der Waals surface area contributed by atoms with E-state index in [1.165, 1.54) is 5.56 Å². The van der Waals surface area contributed by atoms with Gasteiger partial charge < -0.3 is 15.8 Å². The molecule has 0 fully saturated rings. The second-order valence-electron chi connectivity index (χ2n) is 3.80. The highest BCUT2D eigenvalue weighted by molar-refractivity contribution is 5.67. The van der Waals surface area contributed by atoms with Crippen molar-refractivity contribution in [3.05, 3.63) is 23.8 Å². The minimum Gasteiger partial charge on any atom is -0.397 e. The van der Waals surface area contributed by atoms with Crippen LogP contribution in [0.15, 0.2) is 18.2 Å². The molecule has 0 spiro atoms. The number of aryl methyl sites for hydroxylation is 1. The van der Waals surface area contributed by atoms with Gasteiger partial charge in [-0.25, -0.2) is 0 Å². The van der Waals surface area contributed by atoms with E-state index in [2.05, 4.69) is 25.2 Å². The van der Waals surface area contributed by atoms with Gasteiger partial charge in [-0.15, -0.1) is 0 Å². The van der Waals surface area contributed by atoms with E-state index in [-0.39, 0.29) is 0 Å². The number of anilines is 2. The van der Waals surface area contributed by atoms with Gasteiger partial charge in [0.2, 0.25) is 0 Å². The van der Waals surface area contributed by atoms with Crippen molar-refractivity contribution in [3.8, 4) is 0 Å². The first-order valence-corrected chi connectivity index (χ1v) is 5.29. The summed E-state index contributed by atoms with van der Waals surface area (Å²) < 4.78 is 5.13. The lowest BCUT2D eigenvalue weighted by Gasteiger charge is -2.19. The molecule has 0 saturated carbocycles. The number of hydrogen-bond acceptors (Lipinski definition) is 3. The smallest absolute Gasteiger partial charge is 0.0663 e. The average molecular weight is 208 g/mol. The molecule has 1 aromatic rings. The summed E-state index contributed by atoms with van der Waals surface area (Å²) in [5.74, 6) is 0. The summed E-state index contributed by atoms with van der Waals surface area (Å²) in [6.45, 7) is 4.88. The number of nitrogens with two attached hydrogens (primary N) is 1. The molecule has 0 bridgehead atoms. The summed E-state index contributed by atoms with van der Waals surface area (Å²) in [5, 5.41) is 3.39. The Balaban J connectivity index is 2.73. The molecule has 3 heteroatoms. The SMILES string of the molecule is CCC(COC)Nc1cc(C)ccc1N. The molecule has 0 aliphatic heterocycles. The summed E-state index contributed by atoms with van der Waals surface area (Å²) in [6.07, 6.45) is 1.02. The third kappa shape index (κ3) is 3.44. The van der Waals surface area contributed by atoms with Gasteiger partial charge in [0.05, 0.1) is 18.0 Å². The lowest BCUT2D eigenvalue weighted by atomic mass is 10.1. The van der Waals surface area contributed by atoms with Gasteiger partial charge >= 0.3 is 0 Å². The van der Waals surface area contributed by atoms with E-state index in [1.54, 1.807) is 7.11 Å². The van der Waals surface area contributed by atoms with Gasteiger partial charge in [-0.3, -0.25) is 0 Å². The van der Waals surface area contributed by atoms with Gasteiger partial charge in [-0.05, 0) is 31.0 Å². The fourth-order valence-electron chi connectivity index (χ4n) is 1.48. The van der Waals surface area contributed by atoms with Gasteiger partial charge in [0.25, 0.3) is 0 Å². The molecule has 15 heavy (non-hydrogen) atoms. The molecule has 1 aromatic carbocycles. The van der Waals surface area contributed by atoms with Crippen molar-refractivity contribution in [2.45, 2.75) is 26.3 Å². The summed E-state index contributed by atoms with van der Waals surface area (Å²) in [5.41, 5.74) is 8.88. The zero-order chi connectivity index (χ0) is 11.3. The van der Waals surface area contributed by atoms with Crippen LogP contribution in [0, 0.1) is 6.92 Å². The van der Waals surface area contributed by atoms with E-state index in [4.69, 9.17) is 10.5 Å². The van der Waals surface area contributed by atoms with Crippen LogP contribution in [-0.4, -0.2) is 19.8 Å². The Labute approximate surface area is 91.6 Å². The predicted molar refractivity (Wildman–Crippen MR) is 65.2 cm³/mol. The number of benzene rings is 1. The molecule has 0 saturated heterocycles. The lowest BCUT2D eigenvalue weighted by molar-refractivity contribution is 0.184. The summed E-state index contributed by atoms with van der Waals surface area (Å²) in [6, 6.07) is 6.32. The van der Waals surface area contributed by atoms with Crippen LogP contribution in [0.3, 0.4) is 0 Å². The maximum atomic E-state index is 5.89. The van der Waals surface area contributed by atoms with Gasteiger partial charge in [0.15, 0.2) is 0 Å². The molecule has 0 radical (unpaired) electrons. The Morgan fingerprint density at radius 2 is 2.20 bits per heavy atom. The number of rotatable bonds is 5. The first-order chi connectivity index (χ1) is 7.17. The van der Waals surface area contributed by atoms with E-state index in [0.29, 0.717) is 12.6 Å². The van der Waals surface area contributed by atoms with Crippen LogP contribution in [0.2, 0.25) is 0 Å². The number of nitrogen functional groups attached to an aromatic ring is 1. The number of hydrogen-bond donors (Lipinski definition) is 2. The minimum atomic E-state index is 0.319. The molecule has 84 valence electrons. The van der Waals surface area contributed by atoms with Crippen LogP contribution in [-0.2, 0) is 4.74 Å². The van der Waals surface area contributed by atoms with Crippen molar-refractivity contribution in [3.63, 3.8) is 0 Å². The maximum absolute atomic E-state index is 5.89. The Bertz CT molecular complexity index is 312. The van der Waals surface area contributed by atoms with E-state index < -0.39 is 0 Å². The topological polar surface area (TPSA) is 47.3 Å². The molecule has 3 N–H and O–H groups in total. The monoisotopic (exact) mass is 208 g/mol. The minimum absolute atomic E-state index is 0.319. The Morgan fingerprint density at radius 3 is 2.80 bits per heavy atom. The van der Waals surface area contributed by atoms with E-state index in [1.807, 2.05) is 12.1 Å². The fourth-order valence-corrected chi connectivity index (χ4v) is 1.48. The summed E-state index contributed by atoms with van der Waals surface area (Å²) >= 11 is 0. The molecule has 1 unspecified atom stereocenters. The van der Waals surface area contributed by atoms with Crippen LogP contribution < -0.4 is 11.1 Å². The summed E-state index contributed by atoms with van der Waals surface area (Å²) in [7, 11) is 1.71. The molecule has 0 aliphatic rings. The highest BCUT2D eigenvalue weighted by Crippen LogP contribution is 2.20. The first kappa shape index (κ1) is 11.9. The van der Waals surface area contributed by atoms with Crippen LogP contribution in [0.1, 0.15) is 18.9 Å². The van der Waals surface area contributed by atoms with Crippen LogP contribution in [0.5, 0.6) is 0 Å². The molecular formula is C12H20N2O. The van der Waals surface area contributed by atoms with Crippen LogP contribution in [0.25, 0.3) is 0 Å². The maximum Gasteiger partial charge on any atom is 0.0663 e. The van der Waals surface area contributed by atoms with E-state index >= 15 is 0 Å². The van der Waals surface area contributed by atoms with Crippen molar-refractivity contribution in [2.75, 3.05) is 24.8 Å². The molecule has 1 atom stereocenters. The Hall–Kier alpha value is -1.22. The molecule has 0 amide bonds. The zero-order valence-electron chi connectivity index (χ0n) is 9.71. The lowest BCUT2D eigenvalue weighted by Crippen LogP contribution is -2.24. The molecular weight excluding hydrogens is 188 g/mol. The van der Waals surface area contributed by atoms with Gasteiger partial charge in [0.1, 0.15) is 0 Å². The Morgan fingerprint density at radius 1 is 1.47 bits per heavy atom. The van der Waals surface area contributed by atoms with Crippen molar-refractivity contribution < 1.29 is 4.74 Å². The number of nitrogens with one attached hydrogen (secondary N) is 1. The van der Waals surface area contributed by atoms with Crippen molar-refractivity contribution in [1.82, 2.24) is 0 Å². The van der Waals surface area contributed by atoms with E-state index in [9.17, 15) is 0 Å². The molecule has 1 rings (SSSR count). The quantitative estimate of drug-likeness (QED) is 0.730. The van der Waals surface area contributed by atoms with Crippen molar-refractivity contribution >= 4 is 11.4 Å². The van der Waals surface area contributed by atoms with Gasteiger partial charge in [-0.1, -0.05) is 13.0 Å². The zero-order valence-corrected chi connectivity index (χ0v) is 9.71. The van der Waals surface area contributed by atoms with Crippen LogP contribution in [0.4, 0.5) is 11.4 Å². The third-order valence-corrected chi connectivity index (χ3v) is 2.43. The third-order valence-electron chi connectivity index (χ3n) is 2.43. The van der Waals surface area contributed by atoms with E-state index in [0.717, 1.165) is 17.8 Å². The highest BCUT2D eigenvalue weighted by Gasteiger charge is 2.07. The molecule has 0 aliphatic carbocycles. The summed E-state index contributed by atoms with van der Waals surface area (Å²) in [4.78, 5) is 0. The highest BCUT2D eigenvalue weighted by atomic mass is 16.5. The predicted octanol–water partition coefficient (Wildman–Crippen LogP) is 2.41. The van der Waals surface area contributed by atoms with Gasteiger partial charge in [-0.2, -0.15) is 0 Å². The molecule has 0 heterocycles. The van der Waals surface area contributed by atoms with Crippen LogP contribution >= 0.6 is 0 Å². The van der Waals surface area contributed by atoms with Crippen molar-refractivity contribution in [2.24, 2.45) is 0 Å². The number of ether oxygens (including phenoxy) is 1. The first-order valence-electron chi connectivity index (χ1n) is 5.29. The van der Waals surface area contributed by atoms with Gasteiger partial charge in [0, 0.05) is 13.2 Å². The fraction of sp³-hybridized carbons (Fsp3) is 0.500. The number of methoxy groups -OCH3 is 1. The molecule has 3 nitrogen and oxygen atoms in total. The molecule has 0 aromatic heterocycles. The van der Waals surface area contributed by atoms with Crippen molar-refractivity contribution in [1.29, 1.82) is 0 Å². The standard InChI is InChI=1S/C12H20N2O/c1-4-10(8-15-3)14-12-7-9(2)5-6-11(12)13/h5-7,10,14H,4,8,13H2,1-3H3. The second-order valence-corrected chi connectivity index (χ2v) is 3.80. The largest absolute Gasteiger partial charge is 0.397 e. The second kappa shape index (κ2) is 5.61. The average Bonchev–Trinajstić information content (AvgIpc) is 2.22. The Kier molecular flexibility index (Phi) is 4.43.